The molecule has 2 aliphatic heterocycles. The number of halogens is 7. The summed E-state index contributed by atoms with van der Waals surface area (Å²) in [5.74, 6) is -22.9. The summed E-state index contributed by atoms with van der Waals surface area (Å²) in [6.07, 6.45) is 1.79. The van der Waals surface area contributed by atoms with Gasteiger partial charge in [0.15, 0.2) is 44.5 Å². The zero-order valence-corrected chi connectivity index (χ0v) is 27.5. The van der Waals surface area contributed by atoms with E-state index >= 15 is 8.78 Å². The second-order valence-corrected chi connectivity index (χ2v) is 13.9. The van der Waals surface area contributed by atoms with Crippen molar-refractivity contribution in [3.05, 3.63) is 64.5 Å². The van der Waals surface area contributed by atoms with Crippen LogP contribution in [-0.4, -0.2) is 68.1 Å². The van der Waals surface area contributed by atoms with Crippen LogP contribution in [0.15, 0.2) is 29.8 Å². The fourth-order valence-corrected chi connectivity index (χ4v) is 8.76. The number of carboxylic acid groups (broad SMARTS) is 1. The van der Waals surface area contributed by atoms with E-state index in [1.165, 1.54) is 25.3 Å². The molecule has 0 aromatic heterocycles. The molecule has 1 saturated carbocycles. The molecule has 2 heterocycles. The van der Waals surface area contributed by atoms with Crippen molar-refractivity contribution < 1.29 is 60.9 Å². The minimum absolute atomic E-state index is 0.0260. The Morgan fingerprint density at radius 1 is 0.920 bits per heavy atom. The number of aliphatic carboxylic acids is 1. The number of hydrogen-bond acceptors (Lipinski definition) is 7. The molecule has 0 unspecified atom stereocenters. The molecular formula is C33H27Cl2F5N2O8. The summed E-state index contributed by atoms with van der Waals surface area (Å²) in [6.45, 7) is -0.0260. The van der Waals surface area contributed by atoms with E-state index in [9.17, 15) is 42.3 Å². The van der Waals surface area contributed by atoms with Gasteiger partial charge in [-0.1, -0.05) is 24.1 Å². The van der Waals surface area contributed by atoms with Gasteiger partial charge in [0, 0.05) is 18.9 Å². The Labute approximate surface area is 290 Å². The van der Waals surface area contributed by atoms with Gasteiger partial charge in [-0.25, -0.2) is 26.9 Å². The number of alkyl halides is 2. The van der Waals surface area contributed by atoms with E-state index in [0.29, 0.717) is 19.3 Å². The number of unbranched alkanes of at least 4 members (excludes halogenated alkanes) is 2. The maximum Gasteiger partial charge on any atom is 0.303 e. The number of phenolic OH excluding ortho intramolecular Hbond substituents is 1. The average Bonchev–Trinajstić information content (AvgIpc) is 3.40. The maximum absolute atomic E-state index is 15.2. The fraction of sp³-hybridized carbons (Fsp3) is 0.424. The van der Waals surface area contributed by atoms with Crippen LogP contribution in [0.3, 0.4) is 0 Å². The van der Waals surface area contributed by atoms with Crippen molar-refractivity contribution in [2.45, 2.75) is 54.2 Å². The van der Waals surface area contributed by atoms with Crippen molar-refractivity contribution in [3.8, 4) is 11.5 Å². The van der Waals surface area contributed by atoms with E-state index in [1.807, 2.05) is 0 Å². The van der Waals surface area contributed by atoms with Gasteiger partial charge in [0.2, 0.25) is 17.6 Å². The van der Waals surface area contributed by atoms with E-state index in [-0.39, 0.29) is 46.9 Å². The number of carbonyl (C=O) groups excluding carboxylic acids is 4. The van der Waals surface area contributed by atoms with E-state index < -0.39 is 104 Å². The minimum Gasteiger partial charge on any atom is -0.504 e. The molecule has 2 aromatic carbocycles. The predicted octanol–water partition coefficient (Wildman–Crippen LogP) is 5.30. The Morgan fingerprint density at radius 3 is 2.18 bits per heavy atom. The number of nitrogens with zero attached hydrogens (tertiary/aromatic N) is 2. The lowest BCUT2D eigenvalue weighted by molar-refractivity contribution is -0.141. The summed E-state index contributed by atoms with van der Waals surface area (Å²) in [5.41, 5.74) is -1.57. The highest BCUT2D eigenvalue weighted by Crippen LogP contribution is 2.66. The molecule has 266 valence electrons. The van der Waals surface area contributed by atoms with Crippen LogP contribution >= 0.6 is 23.2 Å². The zero-order valence-electron chi connectivity index (χ0n) is 26.0. The molecule has 10 nitrogen and oxygen atoms in total. The molecule has 6 rings (SSSR count). The van der Waals surface area contributed by atoms with Gasteiger partial charge in [0.25, 0.3) is 11.8 Å². The molecule has 2 saturated heterocycles. The van der Waals surface area contributed by atoms with Crippen molar-refractivity contribution in [2.75, 3.05) is 18.6 Å². The average molecular weight is 745 g/mol. The fourth-order valence-electron chi connectivity index (χ4n) is 7.82. The molecular weight excluding hydrogens is 718 g/mol. The number of carboxylic acids is 1. The number of anilines is 1. The molecule has 2 N–H and O–H groups in total. The van der Waals surface area contributed by atoms with Gasteiger partial charge in [0.1, 0.15) is 5.69 Å². The molecule has 0 bridgehead atoms. The highest BCUT2D eigenvalue weighted by atomic mass is 35.5. The highest BCUT2D eigenvalue weighted by Gasteiger charge is 2.77. The normalized spacial score (nSPS) is 28.8. The van der Waals surface area contributed by atoms with Gasteiger partial charge in [-0.15, -0.1) is 23.2 Å². The van der Waals surface area contributed by atoms with E-state index in [4.69, 9.17) is 33.0 Å². The number of hydrogen-bond donors (Lipinski definition) is 2. The number of amides is 4. The Kier molecular flexibility index (Phi) is 8.91. The van der Waals surface area contributed by atoms with Crippen LogP contribution in [0.5, 0.6) is 11.5 Å². The third-order valence-corrected chi connectivity index (χ3v) is 11.5. The summed E-state index contributed by atoms with van der Waals surface area (Å²) >= 11 is 14.2. The van der Waals surface area contributed by atoms with Gasteiger partial charge in [0.05, 0.1) is 18.9 Å². The molecule has 50 heavy (non-hydrogen) atoms. The Hall–Kier alpha value is -4.24. The lowest BCUT2D eigenvalue weighted by Gasteiger charge is -2.50. The molecule has 2 aromatic rings. The van der Waals surface area contributed by atoms with Gasteiger partial charge < -0.3 is 14.9 Å². The topological polar surface area (TPSA) is 142 Å². The molecule has 2 aliphatic carbocycles. The summed E-state index contributed by atoms with van der Waals surface area (Å²) in [7, 11) is 1.21. The third-order valence-electron chi connectivity index (χ3n) is 10.1. The van der Waals surface area contributed by atoms with Crippen LogP contribution in [0.25, 0.3) is 0 Å². The molecule has 6 atom stereocenters. The summed E-state index contributed by atoms with van der Waals surface area (Å²) < 4.78 is 78.3. The van der Waals surface area contributed by atoms with Crippen LogP contribution in [-0.2, 0) is 24.0 Å². The van der Waals surface area contributed by atoms with Crippen molar-refractivity contribution in [2.24, 2.45) is 17.8 Å². The first-order chi connectivity index (χ1) is 23.5. The number of aromatic hydroxyl groups is 1. The quantitative estimate of drug-likeness (QED) is 0.0670. The van der Waals surface area contributed by atoms with Gasteiger partial charge >= 0.3 is 5.97 Å². The van der Waals surface area contributed by atoms with E-state index in [2.05, 4.69) is 0 Å². The van der Waals surface area contributed by atoms with E-state index in [1.54, 1.807) is 6.08 Å². The minimum atomic E-state index is -2.71. The van der Waals surface area contributed by atoms with Gasteiger partial charge in [-0.3, -0.25) is 28.9 Å². The molecule has 0 radical (unpaired) electrons. The summed E-state index contributed by atoms with van der Waals surface area (Å²) in [6, 6.07) is 3.71. The lowest BCUT2D eigenvalue weighted by Crippen LogP contribution is -2.60. The largest absolute Gasteiger partial charge is 0.504 e. The number of allylic oxidation sites excluding steroid dienone is 2. The molecule has 4 aliphatic rings. The SMILES string of the molecule is COc1cc([C@H]2C3=CC[C@@H]4C(=O)N(CCCCCC(=O)O)C(=O)[C@@H]4[C@@H]3C[C@@]3(Cl)C(=O)N(c4c(F)c(F)c(F)c(F)c4F)C(=O)[C@@]23Cl)ccc1O. The number of fused-ring (bicyclic) bond motifs is 4. The highest BCUT2D eigenvalue weighted by molar-refractivity contribution is 6.58. The third kappa shape index (κ3) is 4.90. The first-order valence-corrected chi connectivity index (χ1v) is 16.2. The number of rotatable bonds is 9. The molecule has 4 amide bonds. The van der Waals surface area contributed by atoms with Crippen molar-refractivity contribution in [1.82, 2.24) is 4.90 Å². The smallest absolute Gasteiger partial charge is 0.303 e. The Balaban J connectivity index is 1.48. The zero-order chi connectivity index (χ0) is 36.6. The number of carbonyl (C=O) groups is 5. The van der Waals surface area contributed by atoms with Crippen LogP contribution in [0.4, 0.5) is 27.6 Å². The van der Waals surface area contributed by atoms with Crippen LogP contribution < -0.4 is 9.64 Å². The molecule has 17 heteroatoms. The van der Waals surface area contributed by atoms with Gasteiger partial charge in [-0.2, -0.15) is 0 Å². The number of benzene rings is 2. The van der Waals surface area contributed by atoms with Crippen LogP contribution in [0.2, 0.25) is 0 Å². The number of phenols is 1. The standard InChI is InChI=1S/C33H27Cl2F5N2O8/c1-50-18-11-13(6-9-17(18)43)21-14-7-8-15-20(29(47)41(28(15)46)10-4-2-3-5-19(44)45)16(14)12-32(34)30(48)42(31(49)33(21,32)35)27-25(39)23(37)22(36)24(38)26(27)40/h6-7,9,11,15-16,20-21,43H,2-5,8,10,12H2,1H3,(H,44,45)/t15-,16+,20-,21-,32+,33-/m0/s1. The number of likely N-dealkylation sites (tertiary alicyclic amines) is 1. The van der Waals surface area contributed by atoms with Crippen LogP contribution in [0, 0.1) is 46.8 Å². The van der Waals surface area contributed by atoms with Crippen molar-refractivity contribution in [1.29, 1.82) is 0 Å². The molecule has 0 spiro atoms. The number of ether oxygens (including phenoxy) is 1. The molecule has 3 fully saturated rings. The number of imide groups is 2. The first-order valence-electron chi connectivity index (χ1n) is 15.4. The predicted molar refractivity (Wildman–Crippen MR) is 164 cm³/mol. The maximum atomic E-state index is 15.2. The Bertz CT molecular complexity index is 1880. The Morgan fingerprint density at radius 2 is 1.56 bits per heavy atom. The van der Waals surface area contributed by atoms with Crippen molar-refractivity contribution >= 4 is 58.5 Å². The summed E-state index contributed by atoms with van der Waals surface area (Å²) in [5, 5.41) is 19.2. The van der Waals surface area contributed by atoms with Crippen molar-refractivity contribution in [3.63, 3.8) is 0 Å². The number of methoxy groups -OCH3 is 1. The monoisotopic (exact) mass is 744 g/mol. The van der Waals surface area contributed by atoms with Gasteiger partial charge in [-0.05, 0) is 49.3 Å². The second-order valence-electron chi connectivity index (χ2n) is 12.7. The second kappa shape index (κ2) is 12.5. The summed E-state index contributed by atoms with van der Waals surface area (Å²) in [4.78, 5) is 62.2. The van der Waals surface area contributed by atoms with E-state index in [0.717, 1.165) is 4.90 Å². The van der Waals surface area contributed by atoms with Crippen LogP contribution in [0.1, 0.15) is 50.0 Å². The first kappa shape index (κ1) is 35.6. The lowest BCUT2D eigenvalue weighted by atomic mass is 9.56.